The van der Waals surface area contributed by atoms with Gasteiger partial charge < -0.3 is 0 Å². The van der Waals surface area contributed by atoms with E-state index in [0.717, 1.165) is 37.4 Å². The van der Waals surface area contributed by atoms with Gasteiger partial charge >= 0.3 is 5.97 Å². The fourth-order valence-corrected chi connectivity index (χ4v) is 2.92. The lowest BCUT2D eigenvalue weighted by molar-refractivity contribution is -0.237. The third-order valence-electron chi connectivity index (χ3n) is 4.43. The minimum absolute atomic E-state index is 0.413. The largest absolute Gasteiger partial charge is 0.373 e. The first-order chi connectivity index (χ1) is 11.3. The van der Waals surface area contributed by atoms with Crippen molar-refractivity contribution in [2.75, 3.05) is 0 Å². The second-order valence-corrected chi connectivity index (χ2v) is 6.54. The molecule has 1 aromatic rings. The first kappa shape index (κ1) is 18.0. The highest BCUT2D eigenvalue weighted by Gasteiger charge is 2.16. The summed E-state index contributed by atoms with van der Waals surface area (Å²) in [6, 6.07) is 7.35. The molecule has 0 heterocycles. The van der Waals surface area contributed by atoms with E-state index in [1.165, 1.54) is 44.9 Å². The number of carbonyl (C=O) groups is 1. The van der Waals surface area contributed by atoms with Crippen molar-refractivity contribution in [1.29, 1.82) is 0 Å². The zero-order valence-electron chi connectivity index (χ0n) is 14.3. The number of carbonyl (C=O) groups excluding carboxylic acids is 1. The highest BCUT2D eigenvalue weighted by Crippen LogP contribution is 2.24. The van der Waals surface area contributed by atoms with E-state index in [9.17, 15) is 4.79 Å². The number of hydrogen-bond acceptors (Lipinski definition) is 3. The standard InChI is InChI=1S/C20H29O3/c1-17-13-15-18(16-14-17)20(21)23-22-19-11-9-7-5-3-2-4-6-8-10-12-19/h13-16H,2-12H2,1H3. The molecule has 0 aliphatic heterocycles. The van der Waals surface area contributed by atoms with Crippen molar-refractivity contribution in [3.05, 3.63) is 41.5 Å². The van der Waals surface area contributed by atoms with Gasteiger partial charge in [-0.3, -0.25) is 4.89 Å². The zero-order chi connectivity index (χ0) is 16.3. The molecule has 0 amide bonds. The van der Waals surface area contributed by atoms with E-state index in [2.05, 4.69) is 0 Å². The lowest BCUT2D eigenvalue weighted by atomic mass is 9.99. The van der Waals surface area contributed by atoms with Gasteiger partial charge in [0.1, 0.15) is 6.10 Å². The van der Waals surface area contributed by atoms with E-state index >= 15 is 0 Å². The quantitative estimate of drug-likeness (QED) is 0.512. The average molecular weight is 317 g/mol. The molecule has 0 unspecified atom stereocenters. The normalized spacial score (nSPS) is 18.7. The van der Waals surface area contributed by atoms with E-state index in [1.807, 2.05) is 19.1 Å². The van der Waals surface area contributed by atoms with Crippen LogP contribution in [0.3, 0.4) is 0 Å². The van der Waals surface area contributed by atoms with E-state index in [0.29, 0.717) is 5.56 Å². The Kier molecular flexibility index (Phi) is 8.16. The summed E-state index contributed by atoms with van der Waals surface area (Å²) >= 11 is 0. The van der Waals surface area contributed by atoms with E-state index in [-0.39, 0.29) is 0 Å². The molecule has 0 N–H and O–H groups in total. The summed E-state index contributed by atoms with van der Waals surface area (Å²) in [5.74, 6) is -0.413. The molecule has 1 aliphatic rings. The predicted molar refractivity (Wildman–Crippen MR) is 91.7 cm³/mol. The molecule has 0 bridgehead atoms. The van der Waals surface area contributed by atoms with Gasteiger partial charge in [0, 0.05) is 0 Å². The number of hydrogen-bond donors (Lipinski definition) is 0. The van der Waals surface area contributed by atoms with Crippen molar-refractivity contribution in [2.45, 2.75) is 77.6 Å². The Bertz CT molecular complexity index is 440. The Labute approximate surface area is 140 Å². The SMILES string of the molecule is Cc1ccc(C(=O)OO[C]2CCCCCCCCCCC2)cc1. The summed E-state index contributed by atoms with van der Waals surface area (Å²) in [6.45, 7) is 1.99. The van der Waals surface area contributed by atoms with Crippen molar-refractivity contribution in [1.82, 2.24) is 0 Å². The fraction of sp³-hybridized carbons (Fsp3) is 0.600. The Morgan fingerprint density at radius 3 is 1.78 bits per heavy atom. The van der Waals surface area contributed by atoms with Crippen LogP contribution in [-0.4, -0.2) is 5.97 Å². The molecule has 23 heavy (non-hydrogen) atoms. The molecule has 0 spiro atoms. The topological polar surface area (TPSA) is 35.5 Å². The summed E-state index contributed by atoms with van der Waals surface area (Å²) in [6.07, 6.45) is 14.1. The summed E-state index contributed by atoms with van der Waals surface area (Å²) < 4.78 is 0. The van der Waals surface area contributed by atoms with Crippen LogP contribution in [0.25, 0.3) is 0 Å². The minimum atomic E-state index is -0.413. The van der Waals surface area contributed by atoms with E-state index in [4.69, 9.17) is 9.78 Å². The Hall–Kier alpha value is -1.35. The average Bonchev–Trinajstić information content (AvgIpc) is 2.55. The smallest absolute Gasteiger partial charge is 0.292 e. The Morgan fingerprint density at radius 1 is 0.783 bits per heavy atom. The monoisotopic (exact) mass is 317 g/mol. The second kappa shape index (κ2) is 10.4. The van der Waals surface area contributed by atoms with Gasteiger partial charge in [-0.25, -0.2) is 4.79 Å². The molecule has 0 saturated heterocycles. The van der Waals surface area contributed by atoms with Crippen LogP contribution < -0.4 is 0 Å². The minimum Gasteiger partial charge on any atom is -0.292 e. The zero-order valence-corrected chi connectivity index (χ0v) is 14.3. The van der Waals surface area contributed by atoms with Crippen molar-refractivity contribution in [3.63, 3.8) is 0 Å². The van der Waals surface area contributed by atoms with Crippen LogP contribution in [0, 0.1) is 13.0 Å². The molecule has 127 valence electrons. The van der Waals surface area contributed by atoms with Crippen LogP contribution in [0.4, 0.5) is 0 Å². The molecule has 2 rings (SSSR count). The van der Waals surface area contributed by atoms with Crippen LogP contribution in [0.15, 0.2) is 24.3 Å². The van der Waals surface area contributed by atoms with Crippen LogP contribution in [0.5, 0.6) is 0 Å². The van der Waals surface area contributed by atoms with Crippen LogP contribution >= 0.6 is 0 Å². The highest BCUT2D eigenvalue weighted by atomic mass is 17.2. The molecule has 0 atom stereocenters. The van der Waals surface area contributed by atoms with Gasteiger partial charge in [0.15, 0.2) is 0 Å². The molecule has 1 saturated carbocycles. The van der Waals surface area contributed by atoms with Crippen molar-refractivity contribution < 1.29 is 14.6 Å². The van der Waals surface area contributed by atoms with Gasteiger partial charge in [0.2, 0.25) is 0 Å². The highest BCUT2D eigenvalue weighted by molar-refractivity contribution is 5.88. The van der Waals surface area contributed by atoms with E-state index < -0.39 is 5.97 Å². The van der Waals surface area contributed by atoms with Crippen LogP contribution in [0.2, 0.25) is 0 Å². The van der Waals surface area contributed by atoms with Crippen LogP contribution in [-0.2, 0) is 9.78 Å². The lowest BCUT2D eigenvalue weighted by Crippen LogP contribution is -2.11. The van der Waals surface area contributed by atoms with Crippen molar-refractivity contribution in [3.8, 4) is 0 Å². The van der Waals surface area contributed by atoms with Gasteiger partial charge in [-0.05, 0) is 31.9 Å². The molecular weight excluding hydrogens is 288 g/mol. The van der Waals surface area contributed by atoms with Gasteiger partial charge in [0.05, 0.1) is 5.56 Å². The molecule has 1 radical (unpaired) electrons. The summed E-state index contributed by atoms with van der Waals surface area (Å²) in [5, 5.41) is 0. The second-order valence-electron chi connectivity index (χ2n) is 6.54. The third-order valence-corrected chi connectivity index (χ3v) is 4.43. The summed E-state index contributed by atoms with van der Waals surface area (Å²) in [7, 11) is 0. The number of benzene rings is 1. The summed E-state index contributed by atoms with van der Waals surface area (Å²) in [4.78, 5) is 22.5. The third kappa shape index (κ3) is 7.17. The number of rotatable bonds is 3. The van der Waals surface area contributed by atoms with Crippen LogP contribution in [0.1, 0.15) is 86.6 Å². The Morgan fingerprint density at radius 2 is 1.26 bits per heavy atom. The molecule has 1 fully saturated rings. The van der Waals surface area contributed by atoms with Gasteiger partial charge in [0.25, 0.3) is 0 Å². The predicted octanol–water partition coefficient (Wildman–Crippen LogP) is 5.92. The maximum absolute atomic E-state index is 12.0. The van der Waals surface area contributed by atoms with Gasteiger partial charge in [-0.1, -0.05) is 75.5 Å². The molecule has 3 heteroatoms. The molecule has 1 aliphatic carbocycles. The molecule has 3 nitrogen and oxygen atoms in total. The van der Waals surface area contributed by atoms with Crippen molar-refractivity contribution in [2.24, 2.45) is 0 Å². The van der Waals surface area contributed by atoms with E-state index in [1.54, 1.807) is 12.1 Å². The lowest BCUT2D eigenvalue weighted by Gasteiger charge is -2.15. The van der Waals surface area contributed by atoms with Gasteiger partial charge in [-0.2, -0.15) is 4.89 Å². The maximum atomic E-state index is 12.0. The Balaban J connectivity index is 1.78. The molecule has 1 aromatic carbocycles. The maximum Gasteiger partial charge on any atom is 0.373 e. The van der Waals surface area contributed by atoms with Gasteiger partial charge in [-0.15, -0.1) is 0 Å². The first-order valence-electron chi connectivity index (χ1n) is 9.06. The van der Waals surface area contributed by atoms with Crippen molar-refractivity contribution >= 4 is 5.97 Å². The molecular formula is C20H29O3. The first-order valence-corrected chi connectivity index (χ1v) is 9.06. The molecule has 0 aromatic heterocycles. The fourth-order valence-electron chi connectivity index (χ4n) is 2.92. The number of aryl methyl sites for hydroxylation is 1. The summed E-state index contributed by atoms with van der Waals surface area (Å²) in [5.41, 5.74) is 1.65.